The Hall–Kier alpha value is -2.00. The average Bonchev–Trinajstić information content (AvgIpc) is 2.15. The summed E-state index contributed by atoms with van der Waals surface area (Å²) in [5.41, 5.74) is 2.00. The summed E-state index contributed by atoms with van der Waals surface area (Å²) < 4.78 is 4.01. The Balaban J connectivity index is 4.66. The number of hydrogen-bond donors (Lipinski definition) is 4. The molecule has 0 bridgehead atoms. The monoisotopic (exact) mass is 249 g/mol. The van der Waals surface area contributed by atoms with E-state index in [1.807, 2.05) is 0 Å². The first kappa shape index (κ1) is 15.0. The van der Waals surface area contributed by atoms with E-state index in [0.29, 0.717) is 0 Å². The summed E-state index contributed by atoms with van der Waals surface area (Å²) in [6.07, 6.45) is -2.37. The highest BCUT2D eigenvalue weighted by Crippen LogP contribution is 2.16. The Morgan fingerprint density at radius 2 is 1.59 bits per heavy atom. The summed E-state index contributed by atoms with van der Waals surface area (Å²) >= 11 is 0. The van der Waals surface area contributed by atoms with Crippen LogP contribution in [0, 0.1) is 0 Å². The van der Waals surface area contributed by atoms with Gasteiger partial charge in [0.05, 0.1) is 19.4 Å². The number of carbonyl (C=O) groups excluding carboxylic acids is 2. The van der Waals surface area contributed by atoms with E-state index in [1.54, 1.807) is 0 Å². The SMILES string of the molecule is NCC(=O)OC(=O)CC(O)(CC(=O)O)C(=O)O. The third kappa shape index (κ3) is 5.04. The van der Waals surface area contributed by atoms with E-state index in [-0.39, 0.29) is 0 Å². The minimum absolute atomic E-state index is 0.601. The van der Waals surface area contributed by atoms with E-state index < -0.39 is 48.9 Å². The molecule has 96 valence electrons. The van der Waals surface area contributed by atoms with Gasteiger partial charge in [0, 0.05) is 0 Å². The van der Waals surface area contributed by atoms with Crippen LogP contribution in [0.3, 0.4) is 0 Å². The van der Waals surface area contributed by atoms with Crippen molar-refractivity contribution in [2.45, 2.75) is 18.4 Å². The molecule has 0 spiro atoms. The van der Waals surface area contributed by atoms with Gasteiger partial charge in [-0.25, -0.2) is 4.79 Å². The highest BCUT2D eigenvalue weighted by atomic mass is 16.6. The zero-order valence-electron chi connectivity index (χ0n) is 8.58. The van der Waals surface area contributed by atoms with Crippen molar-refractivity contribution in [2.24, 2.45) is 5.73 Å². The molecule has 1 unspecified atom stereocenters. The number of esters is 2. The summed E-state index contributed by atoms with van der Waals surface area (Å²) in [6, 6.07) is 0. The minimum atomic E-state index is -2.82. The Labute approximate surface area is 94.8 Å². The van der Waals surface area contributed by atoms with Gasteiger partial charge in [0.15, 0.2) is 5.60 Å². The zero-order valence-corrected chi connectivity index (χ0v) is 8.58. The van der Waals surface area contributed by atoms with Crippen molar-refractivity contribution in [1.29, 1.82) is 0 Å². The van der Waals surface area contributed by atoms with Crippen LogP contribution < -0.4 is 5.73 Å². The van der Waals surface area contributed by atoms with Crippen LogP contribution in [0.2, 0.25) is 0 Å². The fourth-order valence-corrected chi connectivity index (χ4v) is 0.907. The second-order valence-corrected chi connectivity index (χ2v) is 3.13. The van der Waals surface area contributed by atoms with Crippen molar-refractivity contribution < 1.29 is 39.2 Å². The molecule has 1 atom stereocenters. The topological polar surface area (TPSA) is 164 Å². The molecule has 0 amide bonds. The predicted octanol–water partition coefficient (Wildman–Crippen LogP) is -2.30. The summed E-state index contributed by atoms with van der Waals surface area (Å²) in [4.78, 5) is 42.5. The van der Waals surface area contributed by atoms with Crippen LogP contribution in [-0.4, -0.2) is 51.3 Å². The van der Waals surface area contributed by atoms with Crippen molar-refractivity contribution in [3.8, 4) is 0 Å². The van der Waals surface area contributed by atoms with Gasteiger partial charge in [-0.15, -0.1) is 0 Å². The first-order valence-corrected chi connectivity index (χ1v) is 4.32. The number of carbonyl (C=O) groups is 4. The molecule has 0 aliphatic heterocycles. The van der Waals surface area contributed by atoms with Crippen LogP contribution in [-0.2, 0) is 23.9 Å². The van der Waals surface area contributed by atoms with Crippen LogP contribution in [0.4, 0.5) is 0 Å². The molecule has 0 saturated carbocycles. The molecule has 0 radical (unpaired) electrons. The van der Waals surface area contributed by atoms with Gasteiger partial charge < -0.3 is 25.8 Å². The lowest BCUT2D eigenvalue weighted by molar-refractivity contribution is -0.174. The lowest BCUT2D eigenvalue weighted by Gasteiger charge is -2.19. The van der Waals surface area contributed by atoms with E-state index >= 15 is 0 Å². The van der Waals surface area contributed by atoms with Crippen LogP contribution in [0.25, 0.3) is 0 Å². The molecule has 0 aliphatic rings. The lowest BCUT2D eigenvalue weighted by atomic mass is 9.96. The number of carboxylic acids is 2. The molecule has 0 heterocycles. The molecule has 0 aromatic heterocycles. The van der Waals surface area contributed by atoms with E-state index in [0.717, 1.165) is 0 Å². The van der Waals surface area contributed by atoms with E-state index in [9.17, 15) is 24.3 Å². The third-order valence-corrected chi connectivity index (χ3v) is 1.67. The van der Waals surface area contributed by atoms with Crippen molar-refractivity contribution in [1.82, 2.24) is 0 Å². The first-order chi connectivity index (χ1) is 7.71. The maximum absolute atomic E-state index is 11.0. The van der Waals surface area contributed by atoms with Crippen molar-refractivity contribution >= 4 is 23.9 Å². The number of aliphatic carboxylic acids is 2. The summed E-state index contributed by atoms with van der Waals surface area (Å²) in [6.45, 7) is -0.601. The summed E-state index contributed by atoms with van der Waals surface area (Å²) in [5, 5.41) is 26.4. The van der Waals surface area contributed by atoms with Gasteiger partial charge >= 0.3 is 23.9 Å². The maximum atomic E-state index is 11.0. The highest BCUT2D eigenvalue weighted by molar-refractivity contribution is 5.92. The smallest absolute Gasteiger partial charge is 0.336 e. The molecule has 0 aliphatic carbocycles. The molecule has 0 aromatic carbocycles. The average molecular weight is 249 g/mol. The van der Waals surface area contributed by atoms with Crippen molar-refractivity contribution in [3.63, 3.8) is 0 Å². The molecular formula is C8H11NO8. The molecule has 17 heavy (non-hydrogen) atoms. The second-order valence-electron chi connectivity index (χ2n) is 3.13. The van der Waals surface area contributed by atoms with Gasteiger partial charge in [0.2, 0.25) is 0 Å². The maximum Gasteiger partial charge on any atom is 0.336 e. The number of hydrogen-bond acceptors (Lipinski definition) is 7. The van der Waals surface area contributed by atoms with Gasteiger partial charge in [0.1, 0.15) is 0 Å². The van der Waals surface area contributed by atoms with Gasteiger partial charge in [0.25, 0.3) is 0 Å². The zero-order chi connectivity index (χ0) is 13.6. The molecule has 5 N–H and O–H groups in total. The predicted molar refractivity (Wildman–Crippen MR) is 49.6 cm³/mol. The molecule has 0 aromatic rings. The van der Waals surface area contributed by atoms with Crippen LogP contribution >= 0.6 is 0 Å². The Morgan fingerprint density at radius 1 is 1.06 bits per heavy atom. The quantitative estimate of drug-likeness (QED) is 0.299. The Morgan fingerprint density at radius 3 is 1.94 bits per heavy atom. The minimum Gasteiger partial charge on any atom is -0.481 e. The van der Waals surface area contributed by atoms with Gasteiger partial charge in [-0.2, -0.15) is 0 Å². The second kappa shape index (κ2) is 5.92. The molecular weight excluding hydrogens is 238 g/mol. The Bertz CT molecular complexity index is 351. The number of aliphatic hydroxyl groups is 1. The summed E-state index contributed by atoms with van der Waals surface area (Å²) in [7, 11) is 0. The number of rotatable bonds is 6. The third-order valence-electron chi connectivity index (χ3n) is 1.67. The van der Waals surface area contributed by atoms with Crippen molar-refractivity contribution in [2.75, 3.05) is 6.54 Å². The standard InChI is InChI=1S/C8H11NO8/c9-3-6(13)17-5(12)2-8(16,7(14)15)1-4(10)11/h16H,1-3,9H2,(H,10,11)(H,14,15). The molecule has 9 heteroatoms. The van der Waals surface area contributed by atoms with Crippen LogP contribution in [0.5, 0.6) is 0 Å². The van der Waals surface area contributed by atoms with E-state index in [4.69, 9.17) is 15.9 Å². The number of carboxylic acid groups (broad SMARTS) is 2. The van der Waals surface area contributed by atoms with E-state index in [2.05, 4.69) is 4.74 Å². The normalized spacial score (nSPS) is 13.5. The number of nitrogens with two attached hydrogens (primary N) is 1. The van der Waals surface area contributed by atoms with Gasteiger partial charge in [-0.1, -0.05) is 0 Å². The van der Waals surface area contributed by atoms with Crippen molar-refractivity contribution in [3.05, 3.63) is 0 Å². The summed E-state index contributed by atoms with van der Waals surface area (Å²) in [5.74, 6) is -6.01. The molecule has 0 rings (SSSR count). The molecule has 0 saturated heterocycles. The van der Waals surface area contributed by atoms with Crippen LogP contribution in [0.1, 0.15) is 12.8 Å². The fourth-order valence-electron chi connectivity index (χ4n) is 0.907. The first-order valence-electron chi connectivity index (χ1n) is 4.32. The lowest BCUT2D eigenvalue weighted by Crippen LogP contribution is -2.43. The van der Waals surface area contributed by atoms with Gasteiger partial charge in [-0.3, -0.25) is 14.4 Å². The fraction of sp³-hybridized carbons (Fsp3) is 0.500. The van der Waals surface area contributed by atoms with Gasteiger partial charge in [-0.05, 0) is 0 Å². The highest BCUT2D eigenvalue weighted by Gasteiger charge is 2.41. The Kier molecular flexibility index (Phi) is 5.22. The number of ether oxygens (including phenoxy) is 1. The molecule has 9 nitrogen and oxygen atoms in total. The largest absolute Gasteiger partial charge is 0.481 e. The van der Waals surface area contributed by atoms with Crippen LogP contribution in [0.15, 0.2) is 0 Å². The molecule has 0 fully saturated rings. The van der Waals surface area contributed by atoms with E-state index in [1.165, 1.54) is 0 Å².